The molecule has 3 rings (SSSR count). The first kappa shape index (κ1) is 17.8. The number of H-pyrrole nitrogens is 1. The lowest BCUT2D eigenvalue weighted by molar-refractivity contribution is 0.0736. The zero-order chi connectivity index (χ0) is 18.8. The number of aryl methyl sites for hydroxylation is 2. The normalized spacial score (nSPS) is 12.2. The Morgan fingerprint density at radius 3 is 2.73 bits per heavy atom. The third kappa shape index (κ3) is 3.35. The van der Waals surface area contributed by atoms with Crippen molar-refractivity contribution in [2.75, 3.05) is 7.05 Å². The smallest absolute Gasteiger partial charge is 0.276 e. The van der Waals surface area contributed by atoms with Crippen LogP contribution in [0.5, 0.6) is 0 Å². The molecule has 0 bridgehead atoms. The molecular weight excluding hydrogens is 335 g/mol. The number of hydrogen-bond acceptors (Lipinski definition) is 4. The van der Waals surface area contributed by atoms with Gasteiger partial charge in [-0.25, -0.2) is 9.07 Å². The maximum Gasteiger partial charge on any atom is 0.276 e. The number of nitrogens with zero attached hydrogens (tertiary/aromatic N) is 5. The number of rotatable bonds is 5. The number of aromatic amines is 1. The fraction of sp³-hybridized carbons (Fsp3) is 0.333. The highest BCUT2D eigenvalue weighted by molar-refractivity contribution is 5.92. The summed E-state index contributed by atoms with van der Waals surface area (Å²) in [5, 5.41) is 15.0. The van der Waals surface area contributed by atoms with Crippen molar-refractivity contribution in [1.29, 1.82) is 0 Å². The predicted octanol–water partition coefficient (Wildman–Crippen LogP) is 2.64. The summed E-state index contributed by atoms with van der Waals surface area (Å²) >= 11 is 0. The van der Waals surface area contributed by atoms with Crippen LogP contribution in [0.25, 0.3) is 0 Å². The summed E-state index contributed by atoms with van der Waals surface area (Å²) < 4.78 is 15.2. The van der Waals surface area contributed by atoms with Crippen molar-refractivity contribution in [3.05, 3.63) is 64.5 Å². The number of carbonyl (C=O) groups excluding carboxylic acids is 1. The topological polar surface area (TPSA) is 79.7 Å². The van der Waals surface area contributed by atoms with Crippen LogP contribution >= 0.6 is 0 Å². The number of nitrogens with one attached hydrogen (secondary N) is 1. The highest BCUT2D eigenvalue weighted by Crippen LogP contribution is 2.25. The molecule has 0 unspecified atom stereocenters. The van der Waals surface area contributed by atoms with Crippen molar-refractivity contribution < 1.29 is 9.18 Å². The molecule has 0 aliphatic carbocycles. The molecule has 7 nitrogen and oxygen atoms in total. The van der Waals surface area contributed by atoms with E-state index in [0.29, 0.717) is 5.56 Å². The minimum atomic E-state index is -0.312. The minimum Gasteiger partial charge on any atom is -0.333 e. The largest absolute Gasteiger partial charge is 0.333 e. The molecule has 0 radical (unpaired) electrons. The van der Waals surface area contributed by atoms with E-state index in [1.807, 2.05) is 20.8 Å². The minimum absolute atomic E-state index is 0.169. The van der Waals surface area contributed by atoms with Gasteiger partial charge in [-0.2, -0.15) is 5.10 Å². The Bertz CT molecular complexity index is 912. The Morgan fingerprint density at radius 1 is 1.35 bits per heavy atom. The zero-order valence-electron chi connectivity index (χ0n) is 15.2. The number of halogens is 1. The lowest BCUT2D eigenvalue weighted by Gasteiger charge is -2.24. The van der Waals surface area contributed by atoms with Crippen LogP contribution < -0.4 is 0 Å². The molecule has 0 aliphatic rings. The van der Waals surface area contributed by atoms with Crippen LogP contribution in [-0.4, -0.2) is 43.0 Å². The maximum atomic E-state index is 13.8. The summed E-state index contributed by atoms with van der Waals surface area (Å²) in [5.41, 5.74) is 3.48. The van der Waals surface area contributed by atoms with E-state index in [1.54, 1.807) is 30.1 Å². The Labute approximate surface area is 150 Å². The molecule has 8 heteroatoms. The van der Waals surface area contributed by atoms with Gasteiger partial charge in [0.1, 0.15) is 5.82 Å². The molecule has 2 aromatic heterocycles. The quantitative estimate of drug-likeness (QED) is 0.762. The first-order valence-corrected chi connectivity index (χ1v) is 8.30. The van der Waals surface area contributed by atoms with Crippen LogP contribution in [0.1, 0.15) is 46.0 Å². The van der Waals surface area contributed by atoms with Crippen LogP contribution in [0.15, 0.2) is 30.5 Å². The number of amides is 1. The van der Waals surface area contributed by atoms with Crippen molar-refractivity contribution in [1.82, 2.24) is 30.1 Å². The van der Waals surface area contributed by atoms with E-state index in [0.717, 1.165) is 17.0 Å². The summed E-state index contributed by atoms with van der Waals surface area (Å²) in [6.45, 7) is 5.98. The van der Waals surface area contributed by atoms with Crippen LogP contribution in [0.3, 0.4) is 0 Å². The summed E-state index contributed by atoms with van der Waals surface area (Å²) in [6, 6.07) is 6.29. The third-order valence-electron chi connectivity index (χ3n) is 4.55. The molecule has 0 aliphatic heterocycles. The molecule has 2 heterocycles. The van der Waals surface area contributed by atoms with Gasteiger partial charge in [-0.1, -0.05) is 23.4 Å². The highest BCUT2D eigenvalue weighted by Gasteiger charge is 2.25. The second-order valence-electron chi connectivity index (χ2n) is 6.33. The fourth-order valence-corrected chi connectivity index (χ4v) is 3.00. The van der Waals surface area contributed by atoms with Gasteiger partial charge in [0.2, 0.25) is 0 Å². The average molecular weight is 356 g/mol. The second-order valence-corrected chi connectivity index (χ2v) is 6.33. The van der Waals surface area contributed by atoms with Crippen LogP contribution in [0.4, 0.5) is 4.39 Å². The second kappa shape index (κ2) is 7.07. The summed E-state index contributed by atoms with van der Waals surface area (Å²) in [5.74, 6) is -0.565. The lowest BCUT2D eigenvalue weighted by atomic mass is 10.1. The Balaban J connectivity index is 1.76. The predicted molar refractivity (Wildman–Crippen MR) is 94.1 cm³/mol. The van der Waals surface area contributed by atoms with Gasteiger partial charge in [0.25, 0.3) is 5.91 Å². The van der Waals surface area contributed by atoms with E-state index in [9.17, 15) is 9.18 Å². The SMILES string of the molecule is Cc1n[nH]c(C)c1[C@@H](C)N(C)C(=O)c1cn(Cc2ccccc2F)nn1. The van der Waals surface area contributed by atoms with Crippen LogP contribution in [-0.2, 0) is 6.54 Å². The summed E-state index contributed by atoms with van der Waals surface area (Å²) in [6.07, 6.45) is 1.53. The summed E-state index contributed by atoms with van der Waals surface area (Å²) in [7, 11) is 1.72. The molecule has 0 fully saturated rings. The molecule has 1 amide bonds. The van der Waals surface area contributed by atoms with Gasteiger partial charge in [0.05, 0.1) is 24.5 Å². The molecule has 0 saturated carbocycles. The fourth-order valence-electron chi connectivity index (χ4n) is 3.00. The Hall–Kier alpha value is -3.03. The van der Waals surface area contributed by atoms with Gasteiger partial charge in [-0.05, 0) is 26.8 Å². The maximum absolute atomic E-state index is 13.8. The number of carbonyl (C=O) groups is 1. The molecule has 3 aromatic rings. The monoisotopic (exact) mass is 356 g/mol. The van der Waals surface area contributed by atoms with Gasteiger partial charge in [0, 0.05) is 23.9 Å². The standard InChI is InChI=1S/C18H21FN6O/c1-11-17(12(2)21-20-11)13(3)24(4)18(26)16-10-25(23-22-16)9-14-7-5-6-8-15(14)19/h5-8,10,13H,9H2,1-4H3,(H,20,21)/t13-/m1/s1. The van der Waals surface area contributed by atoms with Crippen molar-refractivity contribution in [2.45, 2.75) is 33.4 Å². The van der Waals surface area contributed by atoms with Gasteiger partial charge >= 0.3 is 0 Å². The average Bonchev–Trinajstić information content (AvgIpc) is 3.22. The first-order valence-electron chi connectivity index (χ1n) is 8.30. The van der Waals surface area contributed by atoms with E-state index in [1.165, 1.54) is 16.9 Å². The molecule has 136 valence electrons. The van der Waals surface area contributed by atoms with Gasteiger partial charge in [-0.3, -0.25) is 9.89 Å². The van der Waals surface area contributed by atoms with Crippen molar-refractivity contribution in [3.8, 4) is 0 Å². The molecule has 26 heavy (non-hydrogen) atoms. The molecular formula is C18H21FN6O. The molecule has 0 spiro atoms. The molecule has 1 N–H and O–H groups in total. The van der Waals surface area contributed by atoms with Gasteiger partial charge in [0.15, 0.2) is 5.69 Å². The Kier molecular flexibility index (Phi) is 4.83. The highest BCUT2D eigenvalue weighted by atomic mass is 19.1. The van der Waals surface area contributed by atoms with Crippen molar-refractivity contribution in [3.63, 3.8) is 0 Å². The number of hydrogen-bond donors (Lipinski definition) is 1. The summed E-state index contributed by atoms with van der Waals surface area (Å²) in [4.78, 5) is 14.3. The lowest BCUT2D eigenvalue weighted by Crippen LogP contribution is -2.30. The molecule has 1 aromatic carbocycles. The van der Waals surface area contributed by atoms with E-state index < -0.39 is 0 Å². The van der Waals surface area contributed by atoms with E-state index in [-0.39, 0.29) is 30.0 Å². The molecule has 1 atom stereocenters. The first-order chi connectivity index (χ1) is 12.4. The number of aromatic nitrogens is 5. The van der Waals surface area contributed by atoms with Gasteiger partial charge in [-0.15, -0.1) is 5.10 Å². The van der Waals surface area contributed by atoms with Gasteiger partial charge < -0.3 is 4.90 Å². The van der Waals surface area contributed by atoms with Crippen LogP contribution in [0.2, 0.25) is 0 Å². The van der Waals surface area contributed by atoms with Crippen molar-refractivity contribution >= 4 is 5.91 Å². The van der Waals surface area contributed by atoms with E-state index >= 15 is 0 Å². The third-order valence-corrected chi connectivity index (χ3v) is 4.55. The zero-order valence-corrected chi connectivity index (χ0v) is 15.2. The van der Waals surface area contributed by atoms with Crippen molar-refractivity contribution in [2.24, 2.45) is 0 Å². The molecule has 0 saturated heterocycles. The number of benzene rings is 1. The Morgan fingerprint density at radius 2 is 2.08 bits per heavy atom. The van der Waals surface area contributed by atoms with Crippen LogP contribution in [0, 0.1) is 19.7 Å². The van der Waals surface area contributed by atoms with E-state index in [4.69, 9.17) is 0 Å². The van der Waals surface area contributed by atoms with E-state index in [2.05, 4.69) is 20.5 Å².